The van der Waals surface area contributed by atoms with Gasteiger partial charge in [0.15, 0.2) is 6.29 Å². The number of carbonyl (C=O) groups excluding carboxylic acids is 1. The molecule has 0 unspecified atom stereocenters. The lowest BCUT2D eigenvalue weighted by Crippen LogP contribution is -2.04. The van der Waals surface area contributed by atoms with E-state index in [0.717, 1.165) is 33.9 Å². The SMILES string of the molecule is Cc1c(COc2cc(OCc3cccc(C#N)c3)c(C=O)cc2[N+](=O)[O-])cccc1-c1ccccc1. The van der Waals surface area contributed by atoms with E-state index in [1.165, 1.54) is 6.07 Å². The molecule has 0 aliphatic rings. The number of nitro groups is 1. The van der Waals surface area contributed by atoms with Gasteiger partial charge in [0.05, 0.1) is 22.1 Å². The second-order valence-electron chi connectivity index (χ2n) is 8.08. The van der Waals surface area contributed by atoms with Crippen LogP contribution in [0.3, 0.4) is 0 Å². The van der Waals surface area contributed by atoms with Crippen LogP contribution in [0.4, 0.5) is 5.69 Å². The van der Waals surface area contributed by atoms with Gasteiger partial charge in [0.1, 0.15) is 19.0 Å². The highest BCUT2D eigenvalue weighted by molar-refractivity contribution is 5.82. The fourth-order valence-corrected chi connectivity index (χ4v) is 3.86. The van der Waals surface area contributed by atoms with Gasteiger partial charge in [0.25, 0.3) is 0 Å². The van der Waals surface area contributed by atoms with E-state index in [2.05, 4.69) is 6.07 Å². The summed E-state index contributed by atoms with van der Waals surface area (Å²) in [7, 11) is 0. The molecule has 178 valence electrons. The van der Waals surface area contributed by atoms with Crippen molar-refractivity contribution >= 4 is 12.0 Å². The maximum absolute atomic E-state index is 11.7. The first kappa shape index (κ1) is 24.2. The lowest BCUT2D eigenvalue weighted by atomic mass is 9.97. The Morgan fingerprint density at radius 2 is 1.67 bits per heavy atom. The number of ether oxygens (including phenoxy) is 2. The summed E-state index contributed by atoms with van der Waals surface area (Å²) >= 11 is 0. The number of nitrogens with zero attached hydrogens (tertiary/aromatic N) is 2. The Kier molecular flexibility index (Phi) is 7.37. The Labute approximate surface area is 208 Å². The van der Waals surface area contributed by atoms with Crippen LogP contribution in [0.25, 0.3) is 11.1 Å². The summed E-state index contributed by atoms with van der Waals surface area (Å²) in [5, 5.41) is 20.8. The first-order chi connectivity index (χ1) is 17.5. The van der Waals surface area contributed by atoms with E-state index in [9.17, 15) is 14.9 Å². The van der Waals surface area contributed by atoms with Gasteiger partial charge < -0.3 is 9.47 Å². The third-order valence-corrected chi connectivity index (χ3v) is 5.78. The van der Waals surface area contributed by atoms with Crippen LogP contribution in [0.5, 0.6) is 11.5 Å². The van der Waals surface area contributed by atoms with Gasteiger partial charge in [-0.1, -0.05) is 60.7 Å². The fourth-order valence-electron chi connectivity index (χ4n) is 3.86. The molecule has 0 saturated heterocycles. The predicted octanol–water partition coefficient (Wildman–Crippen LogP) is 6.41. The number of carbonyl (C=O) groups is 1. The van der Waals surface area contributed by atoms with Gasteiger partial charge in [-0.15, -0.1) is 0 Å². The van der Waals surface area contributed by atoms with Crippen LogP contribution < -0.4 is 9.47 Å². The summed E-state index contributed by atoms with van der Waals surface area (Å²) in [6.45, 7) is 2.15. The van der Waals surface area contributed by atoms with Crippen LogP contribution >= 0.6 is 0 Å². The molecule has 0 saturated carbocycles. The highest BCUT2D eigenvalue weighted by Crippen LogP contribution is 2.35. The zero-order valence-electron chi connectivity index (χ0n) is 19.5. The number of nitro benzene ring substituents is 1. The quantitative estimate of drug-likeness (QED) is 0.156. The minimum absolute atomic E-state index is 0.00381. The third-order valence-electron chi connectivity index (χ3n) is 5.78. The molecule has 0 fully saturated rings. The molecule has 36 heavy (non-hydrogen) atoms. The number of rotatable bonds is 9. The molecule has 0 amide bonds. The summed E-state index contributed by atoms with van der Waals surface area (Å²) < 4.78 is 11.7. The third kappa shape index (κ3) is 5.40. The molecule has 0 N–H and O–H groups in total. The molecule has 0 bridgehead atoms. The highest BCUT2D eigenvalue weighted by Gasteiger charge is 2.21. The molecule has 0 radical (unpaired) electrons. The summed E-state index contributed by atoms with van der Waals surface area (Å²) in [5.41, 5.74) is 4.90. The van der Waals surface area contributed by atoms with E-state index in [0.29, 0.717) is 11.8 Å². The Morgan fingerprint density at radius 3 is 2.39 bits per heavy atom. The van der Waals surface area contributed by atoms with Crippen LogP contribution in [0.15, 0.2) is 84.9 Å². The van der Waals surface area contributed by atoms with Crippen LogP contribution in [-0.2, 0) is 13.2 Å². The van der Waals surface area contributed by atoms with Crippen molar-refractivity contribution in [1.82, 2.24) is 0 Å². The monoisotopic (exact) mass is 478 g/mol. The van der Waals surface area contributed by atoms with Crippen LogP contribution in [0.2, 0.25) is 0 Å². The van der Waals surface area contributed by atoms with Crippen molar-refractivity contribution in [2.75, 3.05) is 0 Å². The molecule has 0 atom stereocenters. The summed E-state index contributed by atoms with van der Waals surface area (Å²) in [6.07, 6.45) is 0.505. The second kappa shape index (κ2) is 11.0. The molecule has 4 aromatic carbocycles. The van der Waals surface area contributed by atoms with Gasteiger partial charge in [-0.25, -0.2) is 0 Å². The van der Waals surface area contributed by atoms with Gasteiger partial charge in [0.2, 0.25) is 5.75 Å². The normalized spacial score (nSPS) is 10.3. The molecular formula is C29H22N2O5. The van der Waals surface area contributed by atoms with Crippen molar-refractivity contribution in [2.45, 2.75) is 20.1 Å². The van der Waals surface area contributed by atoms with E-state index < -0.39 is 4.92 Å². The maximum atomic E-state index is 11.7. The minimum atomic E-state index is -0.588. The predicted molar refractivity (Wildman–Crippen MR) is 135 cm³/mol. The number of aldehydes is 1. The van der Waals surface area contributed by atoms with E-state index >= 15 is 0 Å². The number of hydrogen-bond acceptors (Lipinski definition) is 6. The Morgan fingerprint density at radius 1 is 0.917 bits per heavy atom. The van der Waals surface area contributed by atoms with E-state index in [1.807, 2.05) is 55.5 Å². The van der Waals surface area contributed by atoms with Gasteiger partial charge in [-0.2, -0.15) is 5.26 Å². The molecule has 7 heteroatoms. The van der Waals surface area contributed by atoms with Crippen molar-refractivity contribution in [1.29, 1.82) is 5.26 Å². The van der Waals surface area contributed by atoms with E-state index in [-0.39, 0.29) is 36.0 Å². The molecule has 7 nitrogen and oxygen atoms in total. The Hall–Kier alpha value is -4.96. The zero-order chi connectivity index (χ0) is 25.5. The van der Waals surface area contributed by atoms with Gasteiger partial charge in [0, 0.05) is 12.1 Å². The van der Waals surface area contributed by atoms with Gasteiger partial charge in [-0.05, 0) is 46.9 Å². The second-order valence-corrected chi connectivity index (χ2v) is 8.08. The summed E-state index contributed by atoms with van der Waals surface area (Å²) in [5.74, 6) is 0.151. The zero-order valence-corrected chi connectivity index (χ0v) is 19.5. The lowest BCUT2D eigenvalue weighted by Gasteiger charge is -2.15. The lowest BCUT2D eigenvalue weighted by molar-refractivity contribution is -0.386. The minimum Gasteiger partial charge on any atom is -0.488 e. The first-order valence-corrected chi connectivity index (χ1v) is 11.2. The number of hydrogen-bond donors (Lipinski definition) is 0. The van der Waals surface area contributed by atoms with Crippen molar-refractivity contribution in [3.8, 4) is 28.7 Å². The van der Waals surface area contributed by atoms with Gasteiger partial charge >= 0.3 is 5.69 Å². The molecule has 0 spiro atoms. The van der Waals surface area contributed by atoms with E-state index in [4.69, 9.17) is 14.7 Å². The number of benzene rings is 4. The topological polar surface area (TPSA) is 102 Å². The molecule has 4 aromatic rings. The molecule has 0 aromatic heterocycles. The molecule has 0 heterocycles. The average Bonchev–Trinajstić information content (AvgIpc) is 2.91. The van der Waals surface area contributed by atoms with Crippen molar-refractivity contribution in [2.24, 2.45) is 0 Å². The van der Waals surface area contributed by atoms with Gasteiger partial charge in [-0.3, -0.25) is 14.9 Å². The number of nitriles is 1. The maximum Gasteiger partial charge on any atom is 0.311 e. The first-order valence-electron chi connectivity index (χ1n) is 11.2. The Balaban J connectivity index is 1.61. The summed E-state index contributed by atoms with van der Waals surface area (Å²) in [4.78, 5) is 22.8. The fraction of sp³-hybridized carbons (Fsp3) is 0.103. The molecular weight excluding hydrogens is 456 g/mol. The highest BCUT2D eigenvalue weighted by atomic mass is 16.6. The van der Waals surface area contributed by atoms with Crippen molar-refractivity contribution in [3.05, 3.63) is 123 Å². The smallest absolute Gasteiger partial charge is 0.311 e. The van der Waals surface area contributed by atoms with E-state index in [1.54, 1.807) is 24.3 Å². The Bertz CT molecular complexity index is 1460. The summed E-state index contributed by atoms with van der Waals surface area (Å²) in [6, 6.07) is 27.2. The van der Waals surface area contributed by atoms with Crippen LogP contribution in [-0.4, -0.2) is 11.2 Å². The average molecular weight is 479 g/mol. The van der Waals surface area contributed by atoms with Crippen LogP contribution in [0, 0.1) is 28.4 Å². The molecule has 4 rings (SSSR count). The standard InChI is InChI=1S/C29H22N2O5/c1-20-24(11-6-12-26(20)23-9-3-2-4-10-23)19-36-29-15-28(25(17-32)14-27(29)31(33)34)35-18-22-8-5-7-21(13-22)16-30/h2-15,17H,18-19H2,1H3. The van der Waals surface area contributed by atoms with Crippen molar-refractivity contribution < 1.29 is 19.2 Å². The largest absolute Gasteiger partial charge is 0.488 e. The molecule has 0 aliphatic carbocycles. The molecule has 0 aliphatic heterocycles. The van der Waals surface area contributed by atoms with Crippen molar-refractivity contribution in [3.63, 3.8) is 0 Å². The van der Waals surface area contributed by atoms with Crippen LogP contribution in [0.1, 0.15) is 32.6 Å².